The van der Waals surface area contributed by atoms with E-state index in [0.717, 1.165) is 5.69 Å². The second-order valence-electron chi connectivity index (χ2n) is 8.20. The van der Waals surface area contributed by atoms with Gasteiger partial charge in [-0.1, -0.05) is 18.2 Å². The number of hydrogen-bond acceptors (Lipinski definition) is 7. The molecule has 0 radical (unpaired) electrons. The Morgan fingerprint density at radius 1 is 1.12 bits per heavy atom. The van der Waals surface area contributed by atoms with Crippen LogP contribution in [0.5, 0.6) is 0 Å². The number of rotatable bonds is 5. The van der Waals surface area contributed by atoms with Gasteiger partial charge in [-0.15, -0.1) is 0 Å². The van der Waals surface area contributed by atoms with E-state index in [1.54, 1.807) is 6.08 Å². The molecule has 3 N–H and O–H groups in total. The minimum absolute atomic E-state index is 0.0161. The summed E-state index contributed by atoms with van der Waals surface area (Å²) in [5.74, 6) is -2.81. The van der Waals surface area contributed by atoms with Crippen molar-refractivity contribution in [2.24, 2.45) is 0 Å². The first-order valence-electron chi connectivity index (χ1n) is 10.6. The van der Waals surface area contributed by atoms with Crippen LogP contribution in [0.15, 0.2) is 42.1 Å². The smallest absolute Gasteiger partial charge is 0.254 e. The number of alkyl halides is 2. The minimum atomic E-state index is -2.63. The van der Waals surface area contributed by atoms with E-state index in [0.29, 0.717) is 35.6 Å². The fourth-order valence-corrected chi connectivity index (χ4v) is 3.97. The van der Waals surface area contributed by atoms with Gasteiger partial charge in [-0.25, -0.2) is 8.78 Å². The zero-order valence-corrected chi connectivity index (χ0v) is 17.5. The molecule has 1 saturated heterocycles. The van der Waals surface area contributed by atoms with Crippen molar-refractivity contribution in [3.63, 3.8) is 0 Å². The van der Waals surface area contributed by atoms with Gasteiger partial charge in [0.15, 0.2) is 5.65 Å². The lowest BCUT2D eigenvalue weighted by Gasteiger charge is -2.28. The molecule has 5 rings (SSSR count). The number of amides is 2. The first kappa shape index (κ1) is 21.0. The summed E-state index contributed by atoms with van der Waals surface area (Å²) in [6, 6.07) is 9.18. The summed E-state index contributed by atoms with van der Waals surface area (Å²) in [4.78, 5) is 32.6. The molecule has 3 heterocycles. The maximum atomic E-state index is 13.6. The van der Waals surface area contributed by atoms with Crippen LogP contribution in [0.2, 0.25) is 0 Å². The molecule has 9 nitrogen and oxygen atoms in total. The number of halogens is 2. The highest BCUT2D eigenvalue weighted by molar-refractivity contribution is 6.15. The number of nitrogens with zero attached hydrogens (tertiary/aromatic N) is 4. The molecule has 0 atom stereocenters. The number of imide groups is 1. The first-order chi connectivity index (χ1) is 15.9. The Labute approximate surface area is 187 Å². The van der Waals surface area contributed by atoms with Gasteiger partial charge < -0.3 is 10.6 Å². The number of fused-ring (bicyclic) bond motifs is 1. The molecule has 1 aliphatic heterocycles. The van der Waals surface area contributed by atoms with Crippen LogP contribution in [-0.2, 0) is 9.59 Å². The SMILES string of the molecule is O=C1CC(=Cc2cnn3c(Nc4ccccc4)nc(NC4CCC(F)(F)CC4)nc23)C(=O)N1. The molecule has 1 saturated carbocycles. The standard InChI is InChI=1S/C22H21F2N7O2/c23-22(24)8-6-16(7-9-22)26-20-29-18-14(10-13-11-17(32)28-19(13)33)12-25-31(18)21(30-20)27-15-4-2-1-3-5-15/h1-5,10,12,16H,6-9,11H2,(H,28,32,33)(H2,26,27,29,30). The molecule has 3 aromatic rings. The second-order valence-corrected chi connectivity index (χ2v) is 8.20. The highest BCUT2D eigenvalue weighted by atomic mass is 19.3. The van der Waals surface area contributed by atoms with Gasteiger partial charge in [-0.2, -0.15) is 19.6 Å². The number of hydrogen-bond donors (Lipinski definition) is 3. The molecule has 2 amide bonds. The molecule has 0 spiro atoms. The van der Waals surface area contributed by atoms with Crippen LogP contribution >= 0.6 is 0 Å². The molecule has 1 aromatic carbocycles. The van der Waals surface area contributed by atoms with Gasteiger partial charge in [-0.3, -0.25) is 14.9 Å². The average molecular weight is 453 g/mol. The van der Waals surface area contributed by atoms with Crippen LogP contribution in [0.1, 0.15) is 37.7 Å². The summed E-state index contributed by atoms with van der Waals surface area (Å²) in [7, 11) is 0. The van der Waals surface area contributed by atoms with Gasteiger partial charge in [0.05, 0.1) is 12.6 Å². The highest BCUT2D eigenvalue weighted by Gasteiger charge is 2.35. The molecule has 170 valence electrons. The van der Waals surface area contributed by atoms with E-state index in [2.05, 4.69) is 31.0 Å². The third-order valence-corrected chi connectivity index (χ3v) is 5.70. The van der Waals surface area contributed by atoms with E-state index in [4.69, 9.17) is 0 Å². The number of nitrogens with one attached hydrogen (secondary N) is 3. The monoisotopic (exact) mass is 453 g/mol. The lowest BCUT2D eigenvalue weighted by molar-refractivity contribution is -0.124. The van der Waals surface area contributed by atoms with Crippen LogP contribution in [-0.4, -0.2) is 43.4 Å². The fraction of sp³-hybridized carbons (Fsp3) is 0.318. The van der Waals surface area contributed by atoms with Crippen molar-refractivity contribution in [3.05, 3.63) is 47.7 Å². The molecule has 1 aliphatic carbocycles. The largest absolute Gasteiger partial charge is 0.351 e. The number of benzene rings is 1. The zero-order valence-electron chi connectivity index (χ0n) is 17.5. The van der Waals surface area contributed by atoms with Gasteiger partial charge in [0.25, 0.3) is 5.91 Å². The molecular formula is C22H21F2N7O2. The summed E-state index contributed by atoms with van der Waals surface area (Å²) in [6.07, 6.45) is 3.34. The van der Waals surface area contributed by atoms with Gasteiger partial charge in [0.1, 0.15) is 0 Å². The molecule has 33 heavy (non-hydrogen) atoms. The van der Waals surface area contributed by atoms with Crippen molar-refractivity contribution in [2.45, 2.75) is 44.1 Å². The van der Waals surface area contributed by atoms with Crippen LogP contribution in [0.25, 0.3) is 11.7 Å². The van der Waals surface area contributed by atoms with Gasteiger partial charge in [0.2, 0.25) is 23.7 Å². The van der Waals surface area contributed by atoms with E-state index in [9.17, 15) is 18.4 Å². The highest BCUT2D eigenvalue weighted by Crippen LogP contribution is 2.34. The topological polar surface area (TPSA) is 113 Å². The Kier molecular flexibility index (Phi) is 5.23. The predicted octanol–water partition coefficient (Wildman–Crippen LogP) is 3.29. The normalized spacial score (nSPS) is 19.8. The van der Waals surface area contributed by atoms with Gasteiger partial charge in [0, 0.05) is 35.7 Å². The maximum absolute atomic E-state index is 13.6. The Morgan fingerprint density at radius 3 is 2.58 bits per heavy atom. The molecule has 2 fully saturated rings. The minimum Gasteiger partial charge on any atom is -0.351 e. The van der Waals surface area contributed by atoms with Crippen molar-refractivity contribution in [1.29, 1.82) is 0 Å². The van der Waals surface area contributed by atoms with Crippen molar-refractivity contribution >= 4 is 41.1 Å². The molecular weight excluding hydrogens is 432 g/mol. The first-order valence-corrected chi connectivity index (χ1v) is 10.6. The summed E-state index contributed by atoms with van der Waals surface area (Å²) < 4.78 is 28.6. The second kappa shape index (κ2) is 8.23. The Hall–Kier alpha value is -3.89. The third kappa shape index (κ3) is 4.52. The molecule has 2 aliphatic rings. The summed E-state index contributed by atoms with van der Waals surface area (Å²) in [6.45, 7) is 0. The van der Waals surface area contributed by atoms with E-state index < -0.39 is 11.8 Å². The van der Waals surface area contributed by atoms with Crippen LogP contribution < -0.4 is 16.0 Å². The summed E-state index contributed by atoms with van der Waals surface area (Å²) in [5.41, 5.74) is 2.03. The fourth-order valence-electron chi connectivity index (χ4n) is 3.97. The molecule has 0 bridgehead atoms. The molecule has 11 heteroatoms. The van der Waals surface area contributed by atoms with E-state index >= 15 is 0 Å². The summed E-state index contributed by atoms with van der Waals surface area (Å²) >= 11 is 0. The lowest BCUT2D eigenvalue weighted by atomic mass is 9.92. The zero-order chi connectivity index (χ0) is 23.0. The average Bonchev–Trinajstić information content (AvgIpc) is 3.33. The maximum Gasteiger partial charge on any atom is 0.254 e. The number of carbonyl (C=O) groups excluding carboxylic acids is 2. The van der Waals surface area contributed by atoms with Gasteiger partial charge in [-0.05, 0) is 31.1 Å². The number of carbonyl (C=O) groups is 2. The van der Waals surface area contributed by atoms with Crippen molar-refractivity contribution in [1.82, 2.24) is 24.9 Å². The lowest BCUT2D eigenvalue weighted by Crippen LogP contribution is -2.32. The van der Waals surface area contributed by atoms with E-state index in [1.165, 1.54) is 10.7 Å². The predicted molar refractivity (Wildman–Crippen MR) is 117 cm³/mol. The quantitative estimate of drug-likeness (QED) is 0.401. The number of aromatic nitrogens is 4. The third-order valence-electron chi connectivity index (χ3n) is 5.70. The molecule has 0 unspecified atom stereocenters. The number of anilines is 3. The van der Waals surface area contributed by atoms with Crippen molar-refractivity contribution in [3.8, 4) is 0 Å². The number of para-hydroxylation sites is 1. The Balaban J connectivity index is 1.52. The van der Waals surface area contributed by atoms with Crippen LogP contribution in [0.3, 0.4) is 0 Å². The van der Waals surface area contributed by atoms with E-state index in [1.807, 2.05) is 30.3 Å². The molecule has 2 aromatic heterocycles. The van der Waals surface area contributed by atoms with Crippen molar-refractivity contribution in [2.75, 3.05) is 10.6 Å². The summed E-state index contributed by atoms with van der Waals surface area (Å²) in [5, 5.41) is 13.0. The van der Waals surface area contributed by atoms with Crippen molar-refractivity contribution < 1.29 is 18.4 Å². The van der Waals surface area contributed by atoms with Crippen LogP contribution in [0.4, 0.5) is 26.4 Å². The van der Waals surface area contributed by atoms with Gasteiger partial charge >= 0.3 is 0 Å². The van der Waals surface area contributed by atoms with E-state index in [-0.39, 0.29) is 37.2 Å². The Bertz CT molecular complexity index is 1250. The Morgan fingerprint density at radius 2 is 1.88 bits per heavy atom. The van der Waals surface area contributed by atoms with Crippen LogP contribution in [0, 0.1) is 0 Å².